The van der Waals surface area contributed by atoms with E-state index in [4.69, 9.17) is 0 Å². The number of anilines is 3. The summed E-state index contributed by atoms with van der Waals surface area (Å²) in [5, 5.41) is 15.2. The molecule has 11 rings (SSSR count). The zero-order valence-electron chi connectivity index (χ0n) is 31.1. The van der Waals surface area contributed by atoms with Crippen molar-refractivity contribution in [1.29, 1.82) is 0 Å². The Morgan fingerprint density at radius 3 is 1.02 bits per heavy atom. The largest absolute Gasteiger partial charge is 0.309 e. The molecule has 56 heavy (non-hydrogen) atoms. The highest BCUT2D eigenvalue weighted by atomic mass is 15.1. The van der Waals surface area contributed by atoms with E-state index in [0.717, 1.165) is 11.4 Å². The van der Waals surface area contributed by atoms with Crippen LogP contribution in [0.3, 0.4) is 0 Å². The molecule has 0 aliphatic carbocycles. The lowest BCUT2D eigenvalue weighted by Gasteiger charge is -2.29. The first-order valence-electron chi connectivity index (χ1n) is 19.4. The highest BCUT2D eigenvalue weighted by molar-refractivity contribution is 6.17. The van der Waals surface area contributed by atoms with Crippen LogP contribution in [0.4, 0.5) is 17.1 Å². The summed E-state index contributed by atoms with van der Waals surface area (Å²) in [6.45, 7) is 2.25. The van der Waals surface area contributed by atoms with Crippen molar-refractivity contribution in [2.24, 2.45) is 0 Å². The molecular formula is C55H37N. The molecule has 0 aliphatic heterocycles. The van der Waals surface area contributed by atoms with Crippen LogP contribution in [0.2, 0.25) is 0 Å². The maximum atomic E-state index is 2.47. The van der Waals surface area contributed by atoms with Crippen LogP contribution in [0, 0.1) is 6.92 Å². The summed E-state index contributed by atoms with van der Waals surface area (Å²) < 4.78 is 0. The number of benzene rings is 11. The van der Waals surface area contributed by atoms with E-state index in [2.05, 4.69) is 218 Å². The Morgan fingerprint density at radius 2 is 0.607 bits per heavy atom. The fourth-order valence-electron chi connectivity index (χ4n) is 9.14. The third kappa shape index (κ3) is 5.09. The first kappa shape index (κ1) is 32.2. The fourth-order valence-corrected chi connectivity index (χ4v) is 9.14. The number of fused-ring (bicyclic) bond motifs is 8. The number of hydrogen-bond donors (Lipinski definition) is 0. The van der Waals surface area contributed by atoms with Gasteiger partial charge in [0.2, 0.25) is 0 Å². The van der Waals surface area contributed by atoms with E-state index in [1.54, 1.807) is 0 Å². The lowest BCUT2D eigenvalue weighted by molar-refractivity contribution is 1.31. The summed E-state index contributed by atoms with van der Waals surface area (Å²) >= 11 is 0. The van der Waals surface area contributed by atoms with E-state index in [0.29, 0.717) is 0 Å². The topological polar surface area (TPSA) is 3.24 Å². The highest BCUT2D eigenvalue weighted by Crippen LogP contribution is 2.46. The van der Waals surface area contributed by atoms with Gasteiger partial charge in [0.15, 0.2) is 0 Å². The van der Waals surface area contributed by atoms with Crippen LogP contribution in [0.1, 0.15) is 5.56 Å². The normalized spacial score (nSPS) is 11.7. The zero-order chi connectivity index (χ0) is 37.2. The molecule has 11 aromatic carbocycles. The van der Waals surface area contributed by atoms with Crippen LogP contribution in [0.5, 0.6) is 0 Å². The average Bonchev–Trinajstić information content (AvgIpc) is 3.27. The summed E-state index contributed by atoms with van der Waals surface area (Å²) in [7, 11) is 0. The summed E-state index contributed by atoms with van der Waals surface area (Å²) in [5.41, 5.74) is 9.61. The third-order valence-corrected chi connectivity index (χ3v) is 11.8. The van der Waals surface area contributed by atoms with Crippen LogP contribution in [-0.2, 0) is 0 Å². The lowest BCUT2D eigenvalue weighted by Crippen LogP contribution is -2.11. The van der Waals surface area contributed by atoms with Crippen LogP contribution in [0.25, 0.3) is 86.9 Å². The highest BCUT2D eigenvalue weighted by Gasteiger charge is 2.21. The third-order valence-electron chi connectivity index (χ3n) is 11.8. The number of nitrogens with zero attached hydrogens (tertiary/aromatic N) is 1. The van der Waals surface area contributed by atoms with E-state index in [1.165, 1.54) is 98.1 Å². The molecule has 0 spiro atoms. The van der Waals surface area contributed by atoms with E-state index in [-0.39, 0.29) is 0 Å². The van der Waals surface area contributed by atoms with Gasteiger partial charge in [-0.3, -0.25) is 0 Å². The molecule has 0 amide bonds. The second-order valence-electron chi connectivity index (χ2n) is 14.9. The van der Waals surface area contributed by atoms with Crippen LogP contribution < -0.4 is 4.90 Å². The molecule has 0 N–H and O–H groups in total. The van der Waals surface area contributed by atoms with Gasteiger partial charge in [0.25, 0.3) is 0 Å². The molecule has 0 unspecified atom stereocenters. The predicted octanol–water partition coefficient (Wildman–Crippen LogP) is 15.7. The van der Waals surface area contributed by atoms with E-state index < -0.39 is 0 Å². The minimum absolute atomic E-state index is 1.11. The van der Waals surface area contributed by atoms with Gasteiger partial charge < -0.3 is 4.90 Å². The molecule has 0 atom stereocenters. The van der Waals surface area contributed by atoms with Gasteiger partial charge >= 0.3 is 0 Å². The number of rotatable bonds is 5. The molecule has 0 heterocycles. The second-order valence-corrected chi connectivity index (χ2v) is 14.9. The van der Waals surface area contributed by atoms with Crippen LogP contribution in [0.15, 0.2) is 206 Å². The minimum Gasteiger partial charge on any atom is -0.309 e. The van der Waals surface area contributed by atoms with Crippen molar-refractivity contribution < 1.29 is 0 Å². The van der Waals surface area contributed by atoms with Gasteiger partial charge in [-0.25, -0.2) is 0 Å². The maximum Gasteiger partial charge on any atom is 0.0618 e. The van der Waals surface area contributed by atoms with Gasteiger partial charge in [0, 0.05) is 22.1 Å². The molecule has 1 nitrogen and oxygen atoms in total. The molecule has 0 aliphatic rings. The predicted molar refractivity (Wildman–Crippen MR) is 242 cm³/mol. The van der Waals surface area contributed by atoms with Crippen molar-refractivity contribution in [3.8, 4) is 22.3 Å². The summed E-state index contributed by atoms with van der Waals surface area (Å²) in [5.74, 6) is 0. The molecule has 0 radical (unpaired) electrons. The van der Waals surface area contributed by atoms with Crippen molar-refractivity contribution in [2.75, 3.05) is 4.90 Å². The van der Waals surface area contributed by atoms with Gasteiger partial charge in [-0.15, -0.1) is 0 Å². The maximum absolute atomic E-state index is 2.47. The average molecular weight is 712 g/mol. The van der Waals surface area contributed by atoms with Crippen LogP contribution in [-0.4, -0.2) is 0 Å². The summed E-state index contributed by atoms with van der Waals surface area (Å²) in [6, 6.07) is 75.8. The molecule has 0 bridgehead atoms. The van der Waals surface area contributed by atoms with Gasteiger partial charge in [-0.1, -0.05) is 170 Å². The molecular weight excluding hydrogens is 675 g/mol. The SMILES string of the molecule is Cc1c2ccccc2c(N(c2ccc(-c3cc4ccccc4c4ccccc34)cc2)c2ccc(-c3cc4ccccc4c4ccccc34)cc2)c2ccccc12. The molecule has 0 saturated carbocycles. The van der Waals surface area contributed by atoms with Crippen molar-refractivity contribution in [3.63, 3.8) is 0 Å². The molecule has 0 aromatic heterocycles. The monoisotopic (exact) mass is 711 g/mol. The van der Waals surface area contributed by atoms with Gasteiger partial charge in [-0.05, 0) is 125 Å². The Labute approximate surface area is 326 Å². The Balaban J connectivity index is 1.12. The second kappa shape index (κ2) is 13.0. The zero-order valence-corrected chi connectivity index (χ0v) is 31.1. The minimum atomic E-state index is 1.11. The number of hydrogen-bond acceptors (Lipinski definition) is 1. The van der Waals surface area contributed by atoms with E-state index in [9.17, 15) is 0 Å². The van der Waals surface area contributed by atoms with Crippen LogP contribution >= 0.6 is 0 Å². The number of aryl methyl sites for hydroxylation is 1. The van der Waals surface area contributed by atoms with Crippen molar-refractivity contribution in [1.82, 2.24) is 0 Å². The van der Waals surface area contributed by atoms with E-state index in [1.807, 2.05) is 0 Å². The van der Waals surface area contributed by atoms with Gasteiger partial charge in [0.1, 0.15) is 0 Å². The summed E-state index contributed by atoms with van der Waals surface area (Å²) in [4.78, 5) is 2.47. The quantitative estimate of drug-likeness (QED) is 0.127. The van der Waals surface area contributed by atoms with Gasteiger partial charge in [0.05, 0.1) is 5.69 Å². The smallest absolute Gasteiger partial charge is 0.0618 e. The Hall–Kier alpha value is -7.22. The standard InChI is InChI=1S/C55H37N/c1-36-43-16-6-12-24-51(43)55(52-25-13-7-17-44(36)52)56(41-30-26-37(27-31-41)53-34-39-14-2-4-18-45(39)47-20-8-10-22-49(47)53)42-32-28-38(29-33-42)54-35-40-15-3-5-19-46(40)48-21-9-11-23-50(48)54/h2-35H,1H3. The Kier molecular flexibility index (Phi) is 7.47. The first-order chi connectivity index (χ1) is 27.7. The molecule has 262 valence electrons. The Morgan fingerprint density at radius 1 is 0.286 bits per heavy atom. The molecule has 11 aromatic rings. The lowest BCUT2D eigenvalue weighted by atomic mass is 9.92. The fraction of sp³-hybridized carbons (Fsp3) is 0.0182. The first-order valence-corrected chi connectivity index (χ1v) is 19.4. The van der Waals surface area contributed by atoms with Crippen molar-refractivity contribution in [2.45, 2.75) is 6.92 Å². The molecule has 0 saturated heterocycles. The molecule has 1 heteroatoms. The van der Waals surface area contributed by atoms with E-state index >= 15 is 0 Å². The van der Waals surface area contributed by atoms with Crippen molar-refractivity contribution in [3.05, 3.63) is 212 Å². The van der Waals surface area contributed by atoms with Gasteiger partial charge in [-0.2, -0.15) is 0 Å². The Bertz CT molecular complexity index is 3080. The summed E-state index contributed by atoms with van der Waals surface area (Å²) in [6.07, 6.45) is 0. The van der Waals surface area contributed by atoms with Crippen molar-refractivity contribution >= 4 is 81.7 Å². The molecule has 0 fully saturated rings.